The van der Waals surface area contributed by atoms with Crippen molar-refractivity contribution in [3.05, 3.63) is 30.1 Å². The molecule has 2 N–H and O–H groups in total. The first-order valence-corrected chi connectivity index (χ1v) is 6.86. The van der Waals surface area contributed by atoms with E-state index in [-0.39, 0.29) is 12.1 Å². The SMILES string of the molecule is CN1CCC[C@H](NC(=O)NCCc2ccncc2)C1. The fourth-order valence-electron chi connectivity index (χ4n) is 2.39. The number of amides is 2. The third-order valence-corrected chi connectivity index (χ3v) is 3.41. The maximum absolute atomic E-state index is 11.8. The Morgan fingerprint density at radius 2 is 2.26 bits per heavy atom. The van der Waals surface area contributed by atoms with E-state index in [4.69, 9.17) is 0 Å². The molecular formula is C14H22N4O. The molecule has 1 fully saturated rings. The maximum atomic E-state index is 11.8. The Kier molecular flexibility index (Phi) is 5.15. The van der Waals surface area contributed by atoms with Crippen LogP contribution in [0, 0.1) is 0 Å². The number of carbonyl (C=O) groups excluding carboxylic acids is 1. The predicted octanol–water partition coefficient (Wildman–Crippen LogP) is 1.02. The number of hydrogen-bond acceptors (Lipinski definition) is 3. The Hall–Kier alpha value is -1.62. The van der Waals surface area contributed by atoms with Crippen molar-refractivity contribution in [2.75, 3.05) is 26.7 Å². The van der Waals surface area contributed by atoms with Crippen molar-refractivity contribution < 1.29 is 4.79 Å². The summed E-state index contributed by atoms with van der Waals surface area (Å²) in [6.07, 6.45) is 6.60. The minimum absolute atomic E-state index is 0.0608. The Bertz CT molecular complexity index is 396. The second-order valence-corrected chi connectivity index (χ2v) is 5.11. The molecule has 2 rings (SSSR count). The summed E-state index contributed by atoms with van der Waals surface area (Å²) in [5.74, 6) is 0. The van der Waals surface area contributed by atoms with Crippen molar-refractivity contribution in [3.63, 3.8) is 0 Å². The quantitative estimate of drug-likeness (QED) is 0.851. The standard InChI is InChI=1S/C14H22N4O/c1-18-10-2-3-13(11-18)17-14(19)16-9-6-12-4-7-15-8-5-12/h4-5,7-8,13H,2-3,6,9-11H2,1H3,(H2,16,17,19)/t13-/m0/s1. The van der Waals surface area contributed by atoms with Gasteiger partial charge in [-0.3, -0.25) is 4.98 Å². The summed E-state index contributed by atoms with van der Waals surface area (Å²) in [4.78, 5) is 18.0. The van der Waals surface area contributed by atoms with Gasteiger partial charge in [-0.05, 0) is 50.6 Å². The van der Waals surface area contributed by atoms with Crippen LogP contribution in [0.5, 0.6) is 0 Å². The van der Waals surface area contributed by atoms with Crippen LogP contribution in [0.3, 0.4) is 0 Å². The molecule has 0 bridgehead atoms. The van der Waals surface area contributed by atoms with Gasteiger partial charge in [0, 0.05) is 31.5 Å². The molecule has 1 aliphatic rings. The Balaban J connectivity index is 1.64. The van der Waals surface area contributed by atoms with E-state index in [1.54, 1.807) is 12.4 Å². The Labute approximate surface area is 114 Å². The van der Waals surface area contributed by atoms with Gasteiger partial charge in [0.1, 0.15) is 0 Å². The number of piperidine rings is 1. The molecule has 1 aromatic heterocycles. The van der Waals surface area contributed by atoms with Crippen molar-refractivity contribution in [1.29, 1.82) is 0 Å². The normalized spacial score (nSPS) is 19.9. The van der Waals surface area contributed by atoms with Crippen molar-refractivity contribution in [2.24, 2.45) is 0 Å². The number of carbonyl (C=O) groups is 1. The average molecular weight is 262 g/mol. The molecule has 2 heterocycles. The Morgan fingerprint density at radius 1 is 1.47 bits per heavy atom. The van der Waals surface area contributed by atoms with E-state index < -0.39 is 0 Å². The summed E-state index contributed by atoms with van der Waals surface area (Å²) in [5.41, 5.74) is 1.19. The number of nitrogens with one attached hydrogen (secondary N) is 2. The zero-order valence-corrected chi connectivity index (χ0v) is 11.4. The first-order valence-electron chi connectivity index (χ1n) is 6.86. The molecule has 0 radical (unpaired) electrons. The summed E-state index contributed by atoms with van der Waals surface area (Å²) < 4.78 is 0. The van der Waals surface area contributed by atoms with E-state index in [2.05, 4.69) is 27.6 Å². The van der Waals surface area contributed by atoms with Gasteiger partial charge in [0.15, 0.2) is 0 Å². The van der Waals surface area contributed by atoms with Crippen LogP contribution in [-0.2, 0) is 6.42 Å². The molecular weight excluding hydrogens is 240 g/mol. The number of hydrogen-bond donors (Lipinski definition) is 2. The van der Waals surface area contributed by atoms with Gasteiger partial charge < -0.3 is 15.5 Å². The van der Waals surface area contributed by atoms with Gasteiger partial charge in [0.05, 0.1) is 0 Å². The lowest BCUT2D eigenvalue weighted by molar-refractivity contribution is 0.209. The molecule has 1 saturated heterocycles. The largest absolute Gasteiger partial charge is 0.338 e. The molecule has 5 nitrogen and oxygen atoms in total. The van der Waals surface area contributed by atoms with Gasteiger partial charge in [-0.1, -0.05) is 0 Å². The second kappa shape index (κ2) is 7.09. The van der Waals surface area contributed by atoms with Crippen LogP contribution in [0.4, 0.5) is 4.79 Å². The number of urea groups is 1. The third kappa shape index (κ3) is 4.87. The van der Waals surface area contributed by atoms with Gasteiger partial charge in [-0.15, -0.1) is 0 Å². The lowest BCUT2D eigenvalue weighted by atomic mass is 10.1. The maximum Gasteiger partial charge on any atom is 0.315 e. The van der Waals surface area contributed by atoms with Gasteiger partial charge in [0.25, 0.3) is 0 Å². The summed E-state index contributed by atoms with van der Waals surface area (Å²) in [5, 5.41) is 5.94. The fraction of sp³-hybridized carbons (Fsp3) is 0.571. The molecule has 0 saturated carbocycles. The molecule has 1 aliphatic heterocycles. The smallest absolute Gasteiger partial charge is 0.315 e. The topological polar surface area (TPSA) is 57.3 Å². The van der Waals surface area contributed by atoms with Crippen LogP contribution >= 0.6 is 0 Å². The summed E-state index contributed by atoms with van der Waals surface area (Å²) in [6.45, 7) is 2.72. The highest BCUT2D eigenvalue weighted by atomic mass is 16.2. The molecule has 1 atom stereocenters. The lowest BCUT2D eigenvalue weighted by Crippen LogP contribution is -2.49. The van der Waals surface area contributed by atoms with Crippen molar-refractivity contribution in [2.45, 2.75) is 25.3 Å². The number of rotatable bonds is 4. The summed E-state index contributed by atoms with van der Waals surface area (Å²) >= 11 is 0. The number of nitrogens with zero attached hydrogens (tertiary/aromatic N) is 2. The van der Waals surface area contributed by atoms with Gasteiger partial charge in [-0.25, -0.2) is 4.79 Å². The molecule has 104 valence electrons. The van der Waals surface area contributed by atoms with Gasteiger partial charge in [-0.2, -0.15) is 0 Å². The van der Waals surface area contributed by atoms with E-state index in [0.29, 0.717) is 6.54 Å². The first kappa shape index (κ1) is 13.8. The summed E-state index contributed by atoms with van der Waals surface area (Å²) in [7, 11) is 2.09. The molecule has 5 heteroatoms. The Morgan fingerprint density at radius 3 is 3.00 bits per heavy atom. The molecule has 0 spiro atoms. The van der Waals surface area contributed by atoms with E-state index in [1.807, 2.05) is 12.1 Å². The number of likely N-dealkylation sites (tertiary alicyclic amines) is 1. The zero-order valence-electron chi connectivity index (χ0n) is 11.4. The fourth-order valence-corrected chi connectivity index (χ4v) is 2.39. The molecule has 2 amide bonds. The predicted molar refractivity (Wildman–Crippen MR) is 75.0 cm³/mol. The molecule has 0 aliphatic carbocycles. The highest BCUT2D eigenvalue weighted by Gasteiger charge is 2.18. The van der Waals surface area contributed by atoms with Crippen LogP contribution in [0.1, 0.15) is 18.4 Å². The van der Waals surface area contributed by atoms with Gasteiger partial charge >= 0.3 is 6.03 Å². The van der Waals surface area contributed by atoms with E-state index in [1.165, 1.54) is 5.56 Å². The summed E-state index contributed by atoms with van der Waals surface area (Å²) in [6, 6.07) is 4.15. The lowest BCUT2D eigenvalue weighted by Gasteiger charge is -2.30. The van der Waals surface area contributed by atoms with Crippen LogP contribution in [0.25, 0.3) is 0 Å². The second-order valence-electron chi connectivity index (χ2n) is 5.11. The number of likely N-dealkylation sites (N-methyl/N-ethyl adjacent to an activating group) is 1. The molecule has 1 aromatic rings. The monoisotopic (exact) mass is 262 g/mol. The zero-order chi connectivity index (χ0) is 13.5. The molecule has 0 aromatic carbocycles. The van der Waals surface area contributed by atoms with Crippen LogP contribution in [-0.4, -0.2) is 48.6 Å². The highest BCUT2D eigenvalue weighted by molar-refractivity contribution is 5.74. The minimum atomic E-state index is -0.0608. The van der Waals surface area contributed by atoms with Gasteiger partial charge in [0.2, 0.25) is 0 Å². The van der Waals surface area contributed by atoms with E-state index in [9.17, 15) is 4.79 Å². The third-order valence-electron chi connectivity index (χ3n) is 3.41. The van der Waals surface area contributed by atoms with Crippen molar-refractivity contribution >= 4 is 6.03 Å². The van der Waals surface area contributed by atoms with E-state index in [0.717, 1.165) is 32.4 Å². The van der Waals surface area contributed by atoms with Crippen molar-refractivity contribution in [1.82, 2.24) is 20.5 Å². The molecule has 0 unspecified atom stereocenters. The first-order chi connectivity index (χ1) is 9.24. The highest BCUT2D eigenvalue weighted by Crippen LogP contribution is 2.07. The van der Waals surface area contributed by atoms with Crippen LogP contribution in [0.2, 0.25) is 0 Å². The van der Waals surface area contributed by atoms with Crippen LogP contribution < -0.4 is 10.6 Å². The van der Waals surface area contributed by atoms with Crippen LogP contribution in [0.15, 0.2) is 24.5 Å². The minimum Gasteiger partial charge on any atom is -0.338 e. The number of pyridine rings is 1. The van der Waals surface area contributed by atoms with Crippen molar-refractivity contribution in [3.8, 4) is 0 Å². The van der Waals surface area contributed by atoms with E-state index >= 15 is 0 Å². The number of aromatic nitrogens is 1. The molecule has 19 heavy (non-hydrogen) atoms. The average Bonchev–Trinajstić information content (AvgIpc) is 2.40.